The van der Waals surface area contributed by atoms with Gasteiger partial charge < -0.3 is 10.5 Å². The van der Waals surface area contributed by atoms with Gasteiger partial charge in [0.2, 0.25) is 0 Å². The number of ether oxygens (including phenoxy) is 1. The fraction of sp³-hybridized carbons (Fsp3) is 0.471. The lowest BCUT2D eigenvalue weighted by atomic mass is 9.98. The van der Waals surface area contributed by atoms with Crippen molar-refractivity contribution in [1.29, 1.82) is 0 Å². The van der Waals surface area contributed by atoms with Crippen molar-refractivity contribution in [1.82, 2.24) is 9.88 Å². The molecule has 0 amide bonds. The smallest absolute Gasteiger partial charge is 0.0856 e. The van der Waals surface area contributed by atoms with Gasteiger partial charge in [-0.1, -0.05) is 25.1 Å². The van der Waals surface area contributed by atoms with E-state index in [1.54, 1.807) is 0 Å². The minimum absolute atomic E-state index is 0.0187. The number of hydrogen-bond acceptors (Lipinski definition) is 4. The van der Waals surface area contributed by atoms with Crippen LogP contribution in [0.4, 0.5) is 0 Å². The molecular formula is C17H23N3O. The average molecular weight is 285 g/mol. The highest BCUT2D eigenvalue weighted by Crippen LogP contribution is 2.19. The van der Waals surface area contributed by atoms with Crippen molar-refractivity contribution in [2.75, 3.05) is 26.2 Å². The summed E-state index contributed by atoms with van der Waals surface area (Å²) in [6.07, 6.45) is 2.81. The van der Waals surface area contributed by atoms with Gasteiger partial charge in [-0.2, -0.15) is 0 Å². The highest BCUT2D eigenvalue weighted by Gasteiger charge is 2.25. The molecule has 4 nitrogen and oxygen atoms in total. The van der Waals surface area contributed by atoms with Gasteiger partial charge in [-0.3, -0.25) is 9.88 Å². The first kappa shape index (κ1) is 14.4. The van der Waals surface area contributed by atoms with Gasteiger partial charge >= 0.3 is 0 Å². The molecule has 0 aliphatic carbocycles. The Morgan fingerprint density at radius 3 is 3.10 bits per heavy atom. The summed E-state index contributed by atoms with van der Waals surface area (Å²) in [5.74, 6) is 0. The molecular weight excluding hydrogens is 262 g/mol. The normalized spacial score (nSPS) is 21.5. The van der Waals surface area contributed by atoms with Crippen LogP contribution in [-0.4, -0.2) is 48.3 Å². The molecule has 4 heteroatoms. The molecule has 2 heterocycles. The zero-order valence-corrected chi connectivity index (χ0v) is 12.5. The summed E-state index contributed by atoms with van der Waals surface area (Å²) in [5.41, 5.74) is 8.70. The van der Waals surface area contributed by atoms with Crippen LogP contribution >= 0.6 is 0 Å². The van der Waals surface area contributed by atoms with Crippen LogP contribution in [0.15, 0.2) is 36.5 Å². The van der Waals surface area contributed by atoms with Crippen molar-refractivity contribution in [2.24, 2.45) is 5.73 Å². The Hall–Kier alpha value is -1.49. The SMILES string of the molecule is CCN1CCOC(C(N)Cc2ccnc3ccccc23)C1. The molecule has 1 saturated heterocycles. The quantitative estimate of drug-likeness (QED) is 0.931. The number of likely N-dealkylation sites (N-methyl/N-ethyl adjacent to an activating group) is 1. The standard InChI is InChI=1S/C17H23N3O/c1-2-20-9-10-21-17(12-20)15(18)11-13-7-8-19-16-6-4-3-5-14(13)16/h3-8,15,17H,2,9-12,18H2,1H3. The number of nitrogens with two attached hydrogens (primary N) is 1. The summed E-state index contributed by atoms with van der Waals surface area (Å²) in [6.45, 7) is 5.97. The number of fused-ring (bicyclic) bond motifs is 1. The maximum Gasteiger partial charge on any atom is 0.0856 e. The predicted octanol–water partition coefficient (Wildman–Crippen LogP) is 1.83. The lowest BCUT2D eigenvalue weighted by Crippen LogP contribution is -2.51. The summed E-state index contributed by atoms with van der Waals surface area (Å²) in [6, 6.07) is 10.3. The fourth-order valence-corrected chi connectivity index (χ4v) is 3.00. The van der Waals surface area contributed by atoms with Crippen molar-refractivity contribution < 1.29 is 4.74 Å². The first-order valence-electron chi connectivity index (χ1n) is 7.70. The van der Waals surface area contributed by atoms with Crippen LogP contribution in [0.25, 0.3) is 10.9 Å². The summed E-state index contributed by atoms with van der Waals surface area (Å²) in [4.78, 5) is 6.81. The second-order valence-corrected chi connectivity index (χ2v) is 5.66. The van der Waals surface area contributed by atoms with E-state index in [4.69, 9.17) is 10.5 Å². The van der Waals surface area contributed by atoms with Crippen molar-refractivity contribution in [3.63, 3.8) is 0 Å². The number of benzene rings is 1. The Kier molecular flexibility index (Phi) is 4.48. The lowest BCUT2D eigenvalue weighted by Gasteiger charge is -2.35. The largest absolute Gasteiger partial charge is 0.374 e. The number of para-hydroxylation sites is 1. The topological polar surface area (TPSA) is 51.4 Å². The highest BCUT2D eigenvalue weighted by atomic mass is 16.5. The summed E-state index contributed by atoms with van der Waals surface area (Å²) < 4.78 is 5.87. The van der Waals surface area contributed by atoms with Gasteiger partial charge in [0.05, 0.1) is 18.2 Å². The molecule has 2 unspecified atom stereocenters. The minimum atomic E-state index is 0.0187. The van der Waals surface area contributed by atoms with Crippen LogP contribution in [0, 0.1) is 0 Å². The van der Waals surface area contributed by atoms with Gasteiger partial charge in [0.25, 0.3) is 0 Å². The van der Waals surface area contributed by atoms with E-state index in [0.717, 1.165) is 38.2 Å². The van der Waals surface area contributed by atoms with E-state index < -0.39 is 0 Å². The number of pyridine rings is 1. The Labute approximate surface area is 125 Å². The Morgan fingerprint density at radius 1 is 1.38 bits per heavy atom. The van der Waals surface area contributed by atoms with Gasteiger partial charge in [0.15, 0.2) is 0 Å². The van der Waals surface area contributed by atoms with Crippen LogP contribution in [-0.2, 0) is 11.2 Å². The molecule has 21 heavy (non-hydrogen) atoms. The minimum Gasteiger partial charge on any atom is -0.374 e. The molecule has 1 aromatic carbocycles. The van der Waals surface area contributed by atoms with E-state index in [1.165, 1.54) is 10.9 Å². The van der Waals surface area contributed by atoms with Crippen LogP contribution in [0.5, 0.6) is 0 Å². The summed E-state index contributed by atoms with van der Waals surface area (Å²) in [5, 5.41) is 1.19. The van der Waals surface area contributed by atoms with Gasteiger partial charge in [0, 0.05) is 30.7 Å². The molecule has 1 aliphatic rings. The van der Waals surface area contributed by atoms with Crippen molar-refractivity contribution in [3.05, 3.63) is 42.1 Å². The Bertz CT molecular complexity index is 596. The summed E-state index contributed by atoms with van der Waals surface area (Å²) >= 11 is 0. The molecule has 2 aromatic rings. The molecule has 0 radical (unpaired) electrons. The Morgan fingerprint density at radius 2 is 2.24 bits per heavy atom. The van der Waals surface area contributed by atoms with Gasteiger partial charge in [-0.15, -0.1) is 0 Å². The van der Waals surface area contributed by atoms with Crippen LogP contribution in [0.2, 0.25) is 0 Å². The first-order chi connectivity index (χ1) is 10.3. The van der Waals surface area contributed by atoms with E-state index >= 15 is 0 Å². The number of rotatable bonds is 4. The third kappa shape index (κ3) is 3.23. The molecule has 0 saturated carbocycles. The zero-order chi connectivity index (χ0) is 14.7. The van der Waals surface area contributed by atoms with Crippen molar-refractivity contribution >= 4 is 10.9 Å². The molecule has 3 rings (SSSR count). The third-order valence-corrected chi connectivity index (χ3v) is 4.30. The lowest BCUT2D eigenvalue weighted by molar-refractivity contribution is -0.0385. The fourth-order valence-electron chi connectivity index (χ4n) is 3.00. The number of aromatic nitrogens is 1. The molecule has 2 N–H and O–H groups in total. The monoisotopic (exact) mass is 285 g/mol. The average Bonchev–Trinajstić information content (AvgIpc) is 2.55. The molecule has 0 spiro atoms. The Balaban J connectivity index is 1.75. The van der Waals surface area contributed by atoms with E-state index in [0.29, 0.717) is 0 Å². The first-order valence-corrected chi connectivity index (χ1v) is 7.70. The molecule has 1 fully saturated rings. The molecule has 1 aromatic heterocycles. The number of hydrogen-bond donors (Lipinski definition) is 1. The molecule has 1 aliphatic heterocycles. The maximum atomic E-state index is 6.42. The molecule has 0 bridgehead atoms. The zero-order valence-electron chi connectivity index (χ0n) is 12.5. The van der Waals surface area contributed by atoms with E-state index in [-0.39, 0.29) is 12.1 Å². The van der Waals surface area contributed by atoms with Crippen LogP contribution in [0.1, 0.15) is 12.5 Å². The second-order valence-electron chi connectivity index (χ2n) is 5.66. The number of morpholine rings is 1. The molecule has 2 atom stereocenters. The summed E-state index contributed by atoms with van der Waals surface area (Å²) in [7, 11) is 0. The predicted molar refractivity (Wildman–Crippen MR) is 85.3 cm³/mol. The van der Waals surface area contributed by atoms with Gasteiger partial charge in [0.1, 0.15) is 0 Å². The third-order valence-electron chi connectivity index (χ3n) is 4.30. The van der Waals surface area contributed by atoms with Crippen molar-refractivity contribution in [2.45, 2.75) is 25.5 Å². The van der Waals surface area contributed by atoms with Gasteiger partial charge in [-0.25, -0.2) is 0 Å². The van der Waals surface area contributed by atoms with Gasteiger partial charge in [-0.05, 0) is 30.7 Å². The maximum absolute atomic E-state index is 6.42. The van der Waals surface area contributed by atoms with Crippen LogP contribution < -0.4 is 5.73 Å². The number of nitrogens with zero attached hydrogens (tertiary/aromatic N) is 2. The van der Waals surface area contributed by atoms with E-state index in [9.17, 15) is 0 Å². The van der Waals surface area contributed by atoms with Crippen LogP contribution in [0.3, 0.4) is 0 Å². The van der Waals surface area contributed by atoms with E-state index in [1.807, 2.05) is 18.3 Å². The van der Waals surface area contributed by atoms with E-state index in [2.05, 4.69) is 35.0 Å². The van der Waals surface area contributed by atoms with Crippen molar-refractivity contribution in [3.8, 4) is 0 Å². The second kappa shape index (κ2) is 6.52. The molecule has 112 valence electrons. The highest BCUT2D eigenvalue weighted by molar-refractivity contribution is 5.81.